The largest absolute Gasteiger partial charge is 0.455 e. The minimum atomic E-state index is -0.647. The van der Waals surface area contributed by atoms with Crippen molar-refractivity contribution in [2.24, 2.45) is 5.10 Å². The lowest BCUT2D eigenvalue weighted by Gasteiger charge is -2.13. The van der Waals surface area contributed by atoms with Crippen LogP contribution in [0.1, 0.15) is 76.3 Å². The van der Waals surface area contributed by atoms with Gasteiger partial charge in [0, 0.05) is 35.2 Å². The summed E-state index contributed by atoms with van der Waals surface area (Å²) >= 11 is 5.81. The van der Waals surface area contributed by atoms with Gasteiger partial charge in [-0.05, 0) is 44.7 Å². The summed E-state index contributed by atoms with van der Waals surface area (Å²) in [6.45, 7) is 1.82. The first kappa shape index (κ1) is 22.0. The molecule has 2 amide bonds. The third-order valence-corrected chi connectivity index (χ3v) is 6.24. The van der Waals surface area contributed by atoms with E-state index in [1.807, 2.05) is 6.92 Å². The molecule has 32 heavy (non-hydrogen) atoms. The molecule has 9 nitrogen and oxygen atoms in total. The maximum absolute atomic E-state index is 12.7. The van der Waals surface area contributed by atoms with Crippen LogP contribution in [0, 0.1) is 17.0 Å². The number of rotatable bonds is 5. The van der Waals surface area contributed by atoms with Crippen LogP contribution in [0.2, 0.25) is 5.02 Å². The summed E-state index contributed by atoms with van der Waals surface area (Å²) in [5, 5.41) is 18.3. The first-order valence-electron chi connectivity index (χ1n) is 10.6. The molecule has 168 valence electrons. The Bertz CT molecular complexity index is 1120. The van der Waals surface area contributed by atoms with Crippen molar-refractivity contribution in [3.8, 4) is 0 Å². The Labute approximate surface area is 189 Å². The number of nitrogens with zero attached hydrogens (tertiary/aromatic N) is 2. The SMILES string of the molecule is Cc1c(C(=O)NC2CCCC2)oc2c1/C(=N/NC(=O)c1ccc(Cl)c([N+](=O)[O-])c1)CCC2. The number of halogens is 1. The molecule has 1 heterocycles. The van der Waals surface area contributed by atoms with E-state index in [2.05, 4.69) is 15.8 Å². The van der Waals surface area contributed by atoms with Gasteiger partial charge in [-0.15, -0.1) is 0 Å². The van der Waals surface area contributed by atoms with Gasteiger partial charge in [-0.25, -0.2) is 5.43 Å². The number of nitro groups is 1. The van der Waals surface area contributed by atoms with E-state index in [1.54, 1.807) is 0 Å². The standard InChI is InChI=1S/C22H23ClN4O5/c1-12-19-16(25-26-21(28)13-9-10-15(23)17(11-13)27(30)31)7-4-8-18(19)32-20(12)22(29)24-14-5-2-3-6-14/h9-11,14H,2-8H2,1H3,(H,24,29)(H,26,28)/b25-16+. The van der Waals surface area contributed by atoms with Gasteiger partial charge < -0.3 is 9.73 Å². The Balaban J connectivity index is 1.54. The van der Waals surface area contributed by atoms with E-state index in [-0.39, 0.29) is 34.0 Å². The average Bonchev–Trinajstić information content (AvgIpc) is 3.40. The number of fused-ring (bicyclic) bond motifs is 1. The molecule has 1 aromatic carbocycles. The number of nitro benzene ring substituents is 1. The number of furan rings is 1. The molecule has 1 saturated carbocycles. The number of benzene rings is 1. The van der Waals surface area contributed by atoms with Gasteiger partial charge in [0.1, 0.15) is 10.8 Å². The Morgan fingerprint density at radius 3 is 2.66 bits per heavy atom. The molecule has 0 unspecified atom stereocenters. The van der Waals surface area contributed by atoms with Crippen LogP contribution in [-0.2, 0) is 6.42 Å². The molecule has 2 aromatic rings. The van der Waals surface area contributed by atoms with Crippen LogP contribution in [0.3, 0.4) is 0 Å². The molecule has 4 rings (SSSR count). The van der Waals surface area contributed by atoms with Crippen LogP contribution in [0.15, 0.2) is 27.7 Å². The lowest BCUT2D eigenvalue weighted by Crippen LogP contribution is -2.32. The van der Waals surface area contributed by atoms with Crippen molar-refractivity contribution in [1.29, 1.82) is 0 Å². The summed E-state index contributed by atoms with van der Waals surface area (Å²) in [5.74, 6) is 0.155. The highest BCUT2D eigenvalue weighted by Gasteiger charge is 2.29. The van der Waals surface area contributed by atoms with Crippen LogP contribution in [0.4, 0.5) is 5.69 Å². The molecule has 0 radical (unpaired) electrons. The average molecular weight is 459 g/mol. The van der Waals surface area contributed by atoms with Crippen LogP contribution in [-0.4, -0.2) is 28.5 Å². The van der Waals surface area contributed by atoms with Crippen molar-refractivity contribution in [2.45, 2.75) is 57.9 Å². The predicted octanol–water partition coefficient (Wildman–Crippen LogP) is 4.29. The van der Waals surface area contributed by atoms with E-state index >= 15 is 0 Å². The molecule has 2 N–H and O–H groups in total. The first-order chi connectivity index (χ1) is 15.3. The fraction of sp³-hybridized carbons (Fsp3) is 0.409. The van der Waals surface area contributed by atoms with Crippen molar-refractivity contribution >= 4 is 34.8 Å². The maximum atomic E-state index is 12.7. The summed E-state index contributed by atoms with van der Waals surface area (Å²) in [4.78, 5) is 35.7. The number of carbonyl (C=O) groups excluding carboxylic acids is 2. The number of amides is 2. The highest BCUT2D eigenvalue weighted by Crippen LogP contribution is 2.30. The molecule has 0 spiro atoms. The minimum absolute atomic E-state index is 0.0489. The van der Waals surface area contributed by atoms with Crippen LogP contribution in [0.5, 0.6) is 0 Å². The van der Waals surface area contributed by atoms with Gasteiger partial charge in [-0.2, -0.15) is 5.10 Å². The topological polar surface area (TPSA) is 127 Å². The summed E-state index contributed by atoms with van der Waals surface area (Å²) in [7, 11) is 0. The molecule has 2 aliphatic carbocycles. The summed E-state index contributed by atoms with van der Waals surface area (Å²) in [5.41, 5.74) is 4.24. The third kappa shape index (κ3) is 4.38. The van der Waals surface area contributed by atoms with Crippen molar-refractivity contribution in [1.82, 2.24) is 10.7 Å². The van der Waals surface area contributed by atoms with Gasteiger partial charge in [0.2, 0.25) is 0 Å². The normalized spacial score (nSPS) is 17.2. The van der Waals surface area contributed by atoms with Gasteiger partial charge in [-0.1, -0.05) is 24.4 Å². The zero-order chi connectivity index (χ0) is 22.8. The zero-order valence-corrected chi connectivity index (χ0v) is 18.3. The Morgan fingerprint density at radius 2 is 1.94 bits per heavy atom. The number of carbonyl (C=O) groups is 2. The molecule has 1 aromatic heterocycles. The van der Waals surface area contributed by atoms with Gasteiger partial charge >= 0.3 is 0 Å². The molecule has 0 saturated heterocycles. The summed E-state index contributed by atoms with van der Waals surface area (Å²) in [6, 6.07) is 3.99. The minimum Gasteiger partial charge on any atom is -0.455 e. The molecule has 0 atom stereocenters. The Hall–Kier alpha value is -3.20. The van der Waals surface area contributed by atoms with Gasteiger partial charge in [0.15, 0.2) is 5.76 Å². The highest BCUT2D eigenvalue weighted by molar-refractivity contribution is 6.32. The molecule has 1 fully saturated rings. The van der Waals surface area contributed by atoms with Crippen molar-refractivity contribution in [3.63, 3.8) is 0 Å². The Morgan fingerprint density at radius 1 is 1.19 bits per heavy atom. The summed E-state index contributed by atoms with van der Waals surface area (Å²) in [6.07, 6.45) is 6.25. The van der Waals surface area contributed by atoms with Crippen LogP contribution >= 0.6 is 11.6 Å². The number of aryl methyl sites for hydroxylation is 1. The number of nitrogens with one attached hydrogen (secondary N) is 2. The van der Waals surface area contributed by atoms with E-state index in [4.69, 9.17) is 16.0 Å². The van der Waals surface area contributed by atoms with E-state index in [0.29, 0.717) is 29.9 Å². The molecule has 0 aliphatic heterocycles. The molecule has 0 bridgehead atoms. The van der Waals surface area contributed by atoms with Crippen LogP contribution in [0.25, 0.3) is 0 Å². The number of hydrogen-bond donors (Lipinski definition) is 2. The zero-order valence-electron chi connectivity index (χ0n) is 17.6. The van der Waals surface area contributed by atoms with Crippen molar-refractivity contribution in [3.05, 3.63) is 61.5 Å². The first-order valence-corrected chi connectivity index (χ1v) is 11.0. The maximum Gasteiger partial charge on any atom is 0.288 e. The second kappa shape index (κ2) is 9.12. The highest BCUT2D eigenvalue weighted by atomic mass is 35.5. The van der Waals surface area contributed by atoms with E-state index in [9.17, 15) is 19.7 Å². The Kier molecular flexibility index (Phi) is 6.27. The summed E-state index contributed by atoms with van der Waals surface area (Å²) < 4.78 is 5.89. The molecule has 2 aliphatic rings. The van der Waals surface area contributed by atoms with Gasteiger partial charge in [-0.3, -0.25) is 19.7 Å². The van der Waals surface area contributed by atoms with Crippen molar-refractivity contribution < 1.29 is 18.9 Å². The van der Waals surface area contributed by atoms with Crippen LogP contribution < -0.4 is 10.7 Å². The van der Waals surface area contributed by atoms with Gasteiger partial charge in [0.25, 0.3) is 17.5 Å². The second-order valence-corrected chi connectivity index (χ2v) is 8.49. The van der Waals surface area contributed by atoms with Gasteiger partial charge in [0.05, 0.1) is 10.6 Å². The molecule has 10 heteroatoms. The second-order valence-electron chi connectivity index (χ2n) is 8.09. The number of hydrazone groups is 1. The quantitative estimate of drug-likeness (QED) is 0.510. The lowest BCUT2D eigenvalue weighted by molar-refractivity contribution is -0.384. The third-order valence-electron chi connectivity index (χ3n) is 5.92. The van der Waals surface area contributed by atoms with E-state index < -0.39 is 10.8 Å². The van der Waals surface area contributed by atoms with E-state index in [1.165, 1.54) is 12.1 Å². The lowest BCUT2D eigenvalue weighted by atomic mass is 9.93. The predicted molar refractivity (Wildman–Crippen MR) is 118 cm³/mol. The van der Waals surface area contributed by atoms with Crippen molar-refractivity contribution in [2.75, 3.05) is 0 Å². The fourth-order valence-electron chi connectivity index (χ4n) is 4.29. The van der Waals surface area contributed by atoms with E-state index in [0.717, 1.165) is 43.7 Å². The smallest absolute Gasteiger partial charge is 0.288 e. The molecular formula is C22H23ClN4O5. The monoisotopic (exact) mass is 458 g/mol. The number of hydrogen-bond acceptors (Lipinski definition) is 6. The fourth-order valence-corrected chi connectivity index (χ4v) is 4.48. The molecular weight excluding hydrogens is 436 g/mol.